The molecule has 1 N–H and O–H groups in total. The number of benzene rings is 1. The summed E-state index contributed by atoms with van der Waals surface area (Å²) in [7, 11) is 3.42. The summed E-state index contributed by atoms with van der Waals surface area (Å²) < 4.78 is 5.19. The van der Waals surface area contributed by atoms with Crippen molar-refractivity contribution >= 4 is 40.6 Å². The number of carbonyl (C=O) groups is 3. The SMILES string of the molecule is COC(=O)CC[C@@H](NC(=O)c1ccc(Cl)s1)C(=O)Cc1ccc2c(c1)CCN(C)CC2. The molecule has 0 saturated heterocycles. The zero-order valence-corrected chi connectivity index (χ0v) is 19.4. The molecule has 1 aliphatic rings. The minimum absolute atomic E-state index is 0.0505. The molecule has 2 aromatic rings. The maximum atomic E-state index is 13.1. The van der Waals surface area contributed by atoms with Crippen molar-refractivity contribution in [2.24, 2.45) is 0 Å². The summed E-state index contributed by atoms with van der Waals surface area (Å²) in [5.74, 6) is -0.920. The van der Waals surface area contributed by atoms with Crippen LogP contribution >= 0.6 is 22.9 Å². The van der Waals surface area contributed by atoms with Gasteiger partial charge in [-0.2, -0.15) is 0 Å². The first-order valence-corrected chi connectivity index (χ1v) is 11.5. The van der Waals surface area contributed by atoms with Crippen LogP contribution in [0.1, 0.15) is 39.2 Å². The van der Waals surface area contributed by atoms with Gasteiger partial charge in [-0.05, 0) is 55.1 Å². The summed E-state index contributed by atoms with van der Waals surface area (Å²) in [6, 6.07) is 8.67. The number of esters is 1. The number of hydrogen-bond donors (Lipinski definition) is 1. The number of ketones is 1. The third kappa shape index (κ3) is 6.63. The van der Waals surface area contributed by atoms with Crippen LogP contribution in [0.2, 0.25) is 4.34 Å². The minimum Gasteiger partial charge on any atom is -0.469 e. The molecule has 1 atom stereocenters. The van der Waals surface area contributed by atoms with Crippen LogP contribution in [0.15, 0.2) is 30.3 Å². The molecule has 0 spiro atoms. The van der Waals surface area contributed by atoms with Crippen molar-refractivity contribution in [1.29, 1.82) is 0 Å². The topological polar surface area (TPSA) is 75.7 Å². The Bertz CT molecular complexity index is 959. The van der Waals surface area contributed by atoms with Crippen molar-refractivity contribution in [3.8, 4) is 0 Å². The quantitative estimate of drug-likeness (QED) is 0.609. The highest BCUT2D eigenvalue weighted by Crippen LogP contribution is 2.22. The lowest BCUT2D eigenvalue weighted by molar-refractivity contribution is -0.140. The molecule has 0 unspecified atom stereocenters. The van der Waals surface area contributed by atoms with E-state index in [1.807, 2.05) is 6.07 Å². The summed E-state index contributed by atoms with van der Waals surface area (Å²) in [6.07, 6.45) is 2.39. The summed E-state index contributed by atoms with van der Waals surface area (Å²) in [6.45, 7) is 2.02. The number of rotatable bonds is 8. The Balaban J connectivity index is 1.71. The predicted octanol–water partition coefficient (Wildman–Crippen LogP) is 3.30. The molecule has 1 aromatic heterocycles. The number of ether oxygens (including phenoxy) is 1. The van der Waals surface area contributed by atoms with Gasteiger partial charge in [0, 0.05) is 25.9 Å². The molecule has 1 amide bonds. The average Bonchev–Trinajstić information content (AvgIpc) is 3.11. The Kier molecular flexibility index (Phi) is 8.23. The zero-order valence-electron chi connectivity index (χ0n) is 17.8. The minimum atomic E-state index is -0.780. The molecule has 6 nitrogen and oxygen atoms in total. The van der Waals surface area contributed by atoms with Gasteiger partial charge in [0.15, 0.2) is 5.78 Å². The number of hydrogen-bond acceptors (Lipinski definition) is 6. The Hall–Kier alpha value is -2.22. The van der Waals surface area contributed by atoms with Gasteiger partial charge in [0.25, 0.3) is 5.91 Å². The lowest BCUT2D eigenvalue weighted by Crippen LogP contribution is -2.41. The molecule has 0 fully saturated rings. The van der Waals surface area contributed by atoms with Crippen molar-refractivity contribution in [2.75, 3.05) is 27.2 Å². The van der Waals surface area contributed by atoms with Crippen molar-refractivity contribution < 1.29 is 19.1 Å². The molecule has 3 rings (SSSR count). The lowest BCUT2D eigenvalue weighted by atomic mass is 9.95. The smallest absolute Gasteiger partial charge is 0.305 e. The Morgan fingerprint density at radius 2 is 1.90 bits per heavy atom. The number of methoxy groups -OCH3 is 1. The molecular weight excluding hydrogens is 436 g/mol. The van der Waals surface area contributed by atoms with Gasteiger partial charge in [-0.15, -0.1) is 11.3 Å². The van der Waals surface area contributed by atoms with E-state index in [0.717, 1.165) is 42.8 Å². The number of amides is 1. The standard InChI is InChI=1S/C23H27ClN2O4S/c1-26-11-9-16-4-3-15(13-17(16)10-12-26)14-19(27)18(5-8-22(28)30-2)25-23(29)20-6-7-21(24)31-20/h3-4,6-7,13,18H,5,8-12,14H2,1-2H3,(H,25,29)/t18-/m1/s1. The molecule has 0 bridgehead atoms. The maximum absolute atomic E-state index is 13.1. The van der Waals surface area contributed by atoms with E-state index in [0.29, 0.717) is 9.21 Å². The van der Waals surface area contributed by atoms with Crippen LogP contribution in [0.4, 0.5) is 0 Å². The Labute approximate surface area is 191 Å². The number of fused-ring (bicyclic) bond motifs is 1. The largest absolute Gasteiger partial charge is 0.469 e. The van der Waals surface area contributed by atoms with Gasteiger partial charge < -0.3 is 15.0 Å². The average molecular weight is 463 g/mol. The van der Waals surface area contributed by atoms with Crippen LogP contribution in [0, 0.1) is 0 Å². The van der Waals surface area contributed by atoms with E-state index in [2.05, 4.69) is 29.4 Å². The van der Waals surface area contributed by atoms with Gasteiger partial charge >= 0.3 is 5.97 Å². The van der Waals surface area contributed by atoms with Crippen LogP contribution in [0.25, 0.3) is 0 Å². The number of Topliss-reactive ketones (excluding diaryl/α,β-unsaturated/α-hetero) is 1. The first-order chi connectivity index (χ1) is 14.9. The van der Waals surface area contributed by atoms with E-state index in [1.165, 1.54) is 18.2 Å². The normalized spacial score (nSPS) is 14.9. The molecule has 1 aliphatic heterocycles. The van der Waals surface area contributed by atoms with Gasteiger partial charge in [0.05, 0.1) is 22.4 Å². The van der Waals surface area contributed by atoms with Gasteiger partial charge in [-0.1, -0.05) is 29.8 Å². The fraction of sp³-hybridized carbons (Fsp3) is 0.435. The van der Waals surface area contributed by atoms with Crippen LogP contribution in [-0.4, -0.2) is 55.8 Å². The molecular formula is C23H27ClN2O4S. The summed E-state index contributed by atoms with van der Waals surface area (Å²) in [5, 5.41) is 2.77. The molecule has 2 heterocycles. The highest BCUT2D eigenvalue weighted by atomic mass is 35.5. The van der Waals surface area contributed by atoms with E-state index >= 15 is 0 Å². The van der Waals surface area contributed by atoms with E-state index in [9.17, 15) is 14.4 Å². The number of halogens is 1. The van der Waals surface area contributed by atoms with E-state index in [1.54, 1.807) is 12.1 Å². The number of likely N-dealkylation sites (N-methyl/N-ethyl adjacent to an activating group) is 1. The highest BCUT2D eigenvalue weighted by molar-refractivity contribution is 7.18. The fourth-order valence-electron chi connectivity index (χ4n) is 3.67. The monoisotopic (exact) mass is 462 g/mol. The van der Waals surface area contributed by atoms with Crippen LogP contribution in [0.3, 0.4) is 0 Å². The second kappa shape index (κ2) is 10.9. The second-order valence-electron chi connectivity index (χ2n) is 7.79. The first-order valence-electron chi connectivity index (χ1n) is 10.3. The lowest BCUT2D eigenvalue weighted by Gasteiger charge is -2.17. The van der Waals surface area contributed by atoms with Gasteiger partial charge in [0.2, 0.25) is 0 Å². The third-order valence-corrected chi connectivity index (χ3v) is 6.76. The van der Waals surface area contributed by atoms with Crippen LogP contribution in [-0.2, 0) is 33.6 Å². The van der Waals surface area contributed by atoms with E-state index in [4.69, 9.17) is 16.3 Å². The number of carbonyl (C=O) groups excluding carboxylic acids is 3. The van der Waals surface area contributed by atoms with Gasteiger partial charge in [0.1, 0.15) is 0 Å². The second-order valence-corrected chi connectivity index (χ2v) is 9.51. The Morgan fingerprint density at radius 3 is 2.58 bits per heavy atom. The number of nitrogens with one attached hydrogen (secondary N) is 1. The fourth-order valence-corrected chi connectivity index (χ4v) is 4.61. The van der Waals surface area contributed by atoms with E-state index < -0.39 is 12.0 Å². The van der Waals surface area contributed by atoms with Crippen molar-refractivity contribution in [2.45, 2.75) is 38.1 Å². The first kappa shape index (κ1) is 23.4. The predicted molar refractivity (Wildman–Crippen MR) is 122 cm³/mol. The van der Waals surface area contributed by atoms with Gasteiger partial charge in [-0.3, -0.25) is 14.4 Å². The summed E-state index contributed by atoms with van der Waals surface area (Å²) in [4.78, 5) is 40.0. The van der Waals surface area contributed by atoms with Crippen LogP contribution < -0.4 is 5.32 Å². The summed E-state index contributed by atoms with van der Waals surface area (Å²) in [5.41, 5.74) is 3.52. The number of nitrogens with zero attached hydrogens (tertiary/aromatic N) is 1. The molecule has 166 valence electrons. The molecule has 31 heavy (non-hydrogen) atoms. The third-order valence-electron chi connectivity index (χ3n) is 5.53. The van der Waals surface area contributed by atoms with Crippen molar-refractivity contribution in [3.05, 3.63) is 56.2 Å². The van der Waals surface area contributed by atoms with Crippen LogP contribution in [0.5, 0.6) is 0 Å². The molecule has 1 aromatic carbocycles. The van der Waals surface area contributed by atoms with Crippen molar-refractivity contribution in [1.82, 2.24) is 10.2 Å². The maximum Gasteiger partial charge on any atom is 0.305 e. The molecule has 0 radical (unpaired) electrons. The van der Waals surface area contributed by atoms with Gasteiger partial charge in [-0.25, -0.2) is 0 Å². The van der Waals surface area contributed by atoms with E-state index in [-0.39, 0.29) is 31.0 Å². The molecule has 0 aliphatic carbocycles. The highest BCUT2D eigenvalue weighted by Gasteiger charge is 2.24. The van der Waals surface area contributed by atoms with Crippen molar-refractivity contribution in [3.63, 3.8) is 0 Å². The zero-order chi connectivity index (χ0) is 22.4. The molecule has 0 saturated carbocycles. The Morgan fingerprint density at radius 1 is 1.16 bits per heavy atom. The number of thiophene rings is 1. The summed E-state index contributed by atoms with van der Waals surface area (Å²) >= 11 is 7.06. The molecule has 8 heteroatoms.